The van der Waals surface area contributed by atoms with Gasteiger partial charge in [-0.1, -0.05) is 56.3 Å². The Morgan fingerprint density at radius 2 is 1.75 bits per heavy atom. The highest BCUT2D eigenvalue weighted by molar-refractivity contribution is 6.11. The lowest BCUT2D eigenvalue weighted by atomic mass is 10.0. The molecule has 3 aromatic carbocycles. The molecule has 1 heterocycles. The zero-order valence-electron chi connectivity index (χ0n) is 18.1. The third kappa shape index (κ3) is 4.65. The molecule has 160 valence electrons. The van der Waals surface area contributed by atoms with Crippen molar-refractivity contribution in [3.63, 3.8) is 0 Å². The summed E-state index contributed by atoms with van der Waals surface area (Å²) < 4.78 is 11.9. The van der Waals surface area contributed by atoms with E-state index in [0.29, 0.717) is 47.3 Å². The predicted molar refractivity (Wildman–Crippen MR) is 124 cm³/mol. The molecule has 5 nitrogen and oxygen atoms in total. The van der Waals surface area contributed by atoms with E-state index in [9.17, 15) is 4.79 Å². The third-order valence-electron chi connectivity index (χ3n) is 5.10. The number of nitriles is 1. The van der Waals surface area contributed by atoms with Crippen molar-refractivity contribution in [1.29, 1.82) is 5.26 Å². The number of amides is 1. The molecule has 0 saturated carbocycles. The molecule has 5 heteroatoms. The molecule has 1 aromatic heterocycles. The number of para-hydroxylation sites is 1. The van der Waals surface area contributed by atoms with Crippen LogP contribution in [0.3, 0.4) is 0 Å². The van der Waals surface area contributed by atoms with Crippen molar-refractivity contribution in [2.75, 3.05) is 6.54 Å². The van der Waals surface area contributed by atoms with Crippen molar-refractivity contribution < 1.29 is 13.9 Å². The number of fused-ring (bicyclic) bond motifs is 1. The fraction of sp³-hybridized carbons (Fsp3) is 0.185. The van der Waals surface area contributed by atoms with Gasteiger partial charge in [0.1, 0.15) is 23.7 Å². The number of hydrogen-bond acceptors (Lipinski definition) is 4. The molecule has 0 unspecified atom stereocenters. The number of furan rings is 1. The lowest BCUT2D eigenvalue weighted by Gasteiger charge is -2.09. The monoisotopic (exact) mass is 424 g/mol. The van der Waals surface area contributed by atoms with Crippen LogP contribution in [0.25, 0.3) is 22.3 Å². The van der Waals surface area contributed by atoms with Crippen LogP contribution in [0.15, 0.2) is 77.2 Å². The van der Waals surface area contributed by atoms with Crippen LogP contribution in [0.1, 0.15) is 35.3 Å². The fourth-order valence-electron chi connectivity index (χ4n) is 3.40. The molecular formula is C27H24N2O3. The van der Waals surface area contributed by atoms with Gasteiger partial charge >= 0.3 is 0 Å². The van der Waals surface area contributed by atoms with E-state index in [4.69, 9.17) is 14.4 Å². The van der Waals surface area contributed by atoms with Gasteiger partial charge in [-0.25, -0.2) is 0 Å². The lowest BCUT2D eigenvalue weighted by molar-refractivity contribution is 0.0950. The zero-order valence-corrected chi connectivity index (χ0v) is 18.1. The van der Waals surface area contributed by atoms with Gasteiger partial charge in [-0.15, -0.1) is 0 Å². The van der Waals surface area contributed by atoms with Crippen LogP contribution in [-0.2, 0) is 6.61 Å². The summed E-state index contributed by atoms with van der Waals surface area (Å²) in [5.41, 5.74) is 3.66. The minimum absolute atomic E-state index is 0.133. The van der Waals surface area contributed by atoms with Crippen LogP contribution in [0.4, 0.5) is 0 Å². The van der Waals surface area contributed by atoms with Gasteiger partial charge in [0.15, 0.2) is 0 Å². The molecule has 4 aromatic rings. The molecule has 0 radical (unpaired) electrons. The number of rotatable bonds is 7. The van der Waals surface area contributed by atoms with E-state index in [-0.39, 0.29) is 5.91 Å². The number of carbonyl (C=O) groups is 1. The maximum absolute atomic E-state index is 13.0. The standard InChI is InChI=1S/C27H24N2O3/c1-18(2)16-29-27(30)25-23-5-3-4-6-24(23)32-26(25)21-11-7-20(8-12-21)17-31-22-13-9-19(15-28)10-14-22/h3-14,18H,16-17H2,1-2H3,(H,29,30). The van der Waals surface area contributed by atoms with Crippen LogP contribution >= 0.6 is 0 Å². The number of benzene rings is 3. The first-order chi connectivity index (χ1) is 15.5. The molecule has 0 aliphatic rings. The van der Waals surface area contributed by atoms with Crippen molar-refractivity contribution in [3.05, 3.63) is 89.5 Å². The Hall–Kier alpha value is -4.04. The fourth-order valence-corrected chi connectivity index (χ4v) is 3.40. The molecule has 0 saturated heterocycles. The minimum Gasteiger partial charge on any atom is -0.489 e. The number of nitrogens with zero attached hydrogens (tertiary/aromatic N) is 1. The van der Waals surface area contributed by atoms with Crippen molar-refractivity contribution in [3.8, 4) is 23.1 Å². The maximum atomic E-state index is 13.0. The van der Waals surface area contributed by atoms with E-state index in [1.54, 1.807) is 24.3 Å². The van der Waals surface area contributed by atoms with Gasteiger partial charge in [0.2, 0.25) is 0 Å². The van der Waals surface area contributed by atoms with E-state index in [1.165, 1.54) is 0 Å². The highest BCUT2D eigenvalue weighted by Crippen LogP contribution is 2.34. The summed E-state index contributed by atoms with van der Waals surface area (Å²) in [6, 6.07) is 24.5. The summed E-state index contributed by atoms with van der Waals surface area (Å²) >= 11 is 0. The van der Waals surface area contributed by atoms with Crippen molar-refractivity contribution in [1.82, 2.24) is 5.32 Å². The number of nitrogens with one attached hydrogen (secondary N) is 1. The zero-order chi connectivity index (χ0) is 22.5. The summed E-state index contributed by atoms with van der Waals surface area (Å²) in [4.78, 5) is 13.0. The quantitative estimate of drug-likeness (QED) is 0.399. The largest absolute Gasteiger partial charge is 0.489 e. The molecule has 32 heavy (non-hydrogen) atoms. The van der Waals surface area contributed by atoms with Crippen molar-refractivity contribution in [2.45, 2.75) is 20.5 Å². The summed E-state index contributed by atoms with van der Waals surface area (Å²) in [7, 11) is 0. The maximum Gasteiger partial charge on any atom is 0.255 e. The van der Waals surface area contributed by atoms with Crippen LogP contribution < -0.4 is 10.1 Å². The molecule has 0 bridgehead atoms. The Kier molecular flexibility index (Phi) is 6.23. The van der Waals surface area contributed by atoms with Crippen LogP contribution in [0.5, 0.6) is 5.75 Å². The topological polar surface area (TPSA) is 75.3 Å². The van der Waals surface area contributed by atoms with Gasteiger partial charge in [-0.2, -0.15) is 5.26 Å². The Morgan fingerprint density at radius 1 is 1.03 bits per heavy atom. The third-order valence-corrected chi connectivity index (χ3v) is 5.10. The second-order valence-electron chi connectivity index (χ2n) is 8.03. The van der Waals surface area contributed by atoms with Crippen molar-refractivity contribution in [2.24, 2.45) is 5.92 Å². The molecule has 0 atom stereocenters. The van der Waals surface area contributed by atoms with Gasteiger partial charge < -0.3 is 14.5 Å². The Bertz CT molecular complexity index is 1260. The SMILES string of the molecule is CC(C)CNC(=O)c1c(-c2ccc(COc3ccc(C#N)cc3)cc2)oc2ccccc12. The number of carbonyl (C=O) groups excluding carboxylic acids is 1. The summed E-state index contributed by atoms with van der Waals surface area (Å²) in [6.45, 7) is 5.12. The molecular weight excluding hydrogens is 400 g/mol. The van der Waals surface area contributed by atoms with Gasteiger partial charge in [0, 0.05) is 17.5 Å². The summed E-state index contributed by atoms with van der Waals surface area (Å²) in [6.07, 6.45) is 0. The molecule has 1 N–H and O–H groups in total. The summed E-state index contributed by atoms with van der Waals surface area (Å²) in [5, 5.41) is 12.7. The number of ether oxygens (including phenoxy) is 1. The van der Waals surface area contributed by atoms with E-state index in [1.807, 2.05) is 48.5 Å². The highest BCUT2D eigenvalue weighted by atomic mass is 16.5. The average molecular weight is 425 g/mol. The molecule has 0 spiro atoms. The van der Waals surface area contributed by atoms with Gasteiger partial charge in [0.25, 0.3) is 5.91 Å². The van der Waals surface area contributed by atoms with Gasteiger partial charge in [-0.3, -0.25) is 4.79 Å². The molecule has 0 aliphatic heterocycles. The van der Waals surface area contributed by atoms with E-state index in [0.717, 1.165) is 16.5 Å². The average Bonchev–Trinajstić information content (AvgIpc) is 3.21. The first-order valence-electron chi connectivity index (χ1n) is 10.6. The lowest BCUT2D eigenvalue weighted by Crippen LogP contribution is -2.27. The molecule has 1 amide bonds. The van der Waals surface area contributed by atoms with Crippen LogP contribution in [0, 0.1) is 17.2 Å². The van der Waals surface area contributed by atoms with Gasteiger partial charge in [-0.05, 0) is 41.8 Å². The minimum atomic E-state index is -0.133. The first kappa shape index (κ1) is 21.2. The van der Waals surface area contributed by atoms with E-state index < -0.39 is 0 Å². The van der Waals surface area contributed by atoms with Crippen molar-refractivity contribution >= 4 is 16.9 Å². The normalized spacial score (nSPS) is 10.8. The Labute approximate surface area is 187 Å². The first-order valence-corrected chi connectivity index (χ1v) is 10.6. The van der Waals surface area contributed by atoms with Gasteiger partial charge in [0.05, 0.1) is 17.2 Å². The number of hydrogen-bond donors (Lipinski definition) is 1. The smallest absolute Gasteiger partial charge is 0.255 e. The second-order valence-corrected chi connectivity index (χ2v) is 8.03. The molecule has 0 aliphatic carbocycles. The molecule has 4 rings (SSSR count). The van der Waals surface area contributed by atoms with Crippen LogP contribution in [-0.4, -0.2) is 12.5 Å². The van der Waals surface area contributed by atoms with E-state index >= 15 is 0 Å². The van der Waals surface area contributed by atoms with E-state index in [2.05, 4.69) is 25.2 Å². The highest BCUT2D eigenvalue weighted by Gasteiger charge is 2.22. The summed E-state index contributed by atoms with van der Waals surface area (Å²) in [5.74, 6) is 1.49. The second kappa shape index (κ2) is 9.40. The van der Waals surface area contributed by atoms with Crippen LogP contribution in [0.2, 0.25) is 0 Å². The predicted octanol–water partition coefficient (Wildman–Crippen LogP) is 5.94. The Morgan fingerprint density at radius 3 is 2.44 bits per heavy atom. The Balaban J connectivity index is 1.56. The molecule has 0 fully saturated rings.